The molecule has 0 aromatic heterocycles. The number of carbonyl (C=O) groups excluding carboxylic acids is 1. The summed E-state index contributed by atoms with van der Waals surface area (Å²) in [6, 6.07) is 0. The molecule has 1 rings (SSSR count). The second kappa shape index (κ2) is 8.31. The van der Waals surface area contributed by atoms with Crippen LogP contribution in [0, 0.1) is 5.92 Å². The lowest BCUT2D eigenvalue weighted by Gasteiger charge is -2.26. The normalized spacial score (nSPS) is 18.7. The van der Waals surface area contributed by atoms with Gasteiger partial charge in [-0.15, -0.1) is 0 Å². The van der Waals surface area contributed by atoms with E-state index in [9.17, 15) is 4.79 Å². The topological polar surface area (TPSA) is 50.8 Å². The molecule has 1 amide bonds. The third-order valence-electron chi connectivity index (χ3n) is 3.00. The van der Waals surface area contributed by atoms with Gasteiger partial charge in [0.1, 0.15) is 0 Å². The molecule has 1 atom stereocenters. The summed E-state index contributed by atoms with van der Waals surface area (Å²) in [6.45, 7) is 9.64. The van der Waals surface area contributed by atoms with Crippen molar-refractivity contribution in [1.82, 2.24) is 10.2 Å². The Kier molecular flexibility index (Phi) is 6.96. The highest BCUT2D eigenvalue weighted by Crippen LogP contribution is 2.00. The van der Waals surface area contributed by atoms with Crippen molar-refractivity contribution in [3.8, 4) is 0 Å². The molecule has 1 aliphatic rings. The molecule has 1 unspecified atom stereocenters. The van der Waals surface area contributed by atoms with Gasteiger partial charge >= 0.3 is 6.09 Å². The van der Waals surface area contributed by atoms with Crippen molar-refractivity contribution in [1.29, 1.82) is 0 Å². The maximum atomic E-state index is 11.3. The summed E-state index contributed by atoms with van der Waals surface area (Å²) in [5.41, 5.74) is 0. The van der Waals surface area contributed by atoms with Gasteiger partial charge in [-0.25, -0.2) is 4.79 Å². The predicted octanol–water partition coefficient (Wildman–Crippen LogP) is 1.09. The third-order valence-corrected chi connectivity index (χ3v) is 3.00. The summed E-state index contributed by atoms with van der Waals surface area (Å²) in [6.07, 6.45) is 0.722. The zero-order valence-corrected chi connectivity index (χ0v) is 10.9. The lowest BCUT2D eigenvalue weighted by molar-refractivity contribution is 0.0382. The minimum Gasteiger partial charge on any atom is -0.449 e. The lowest BCUT2D eigenvalue weighted by atomic mass is 10.1. The monoisotopic (exact) mass is 244 g/mol. The number of rotatable bonds is 6. The summed E-state index contributed by atoms with van der Waals surface area (Å²) in [5.74, 6) is 0.431. The van der Waals surface area contributed by atoms with Crippen LogP contribution in [0.5, 0.6) is 0 Å². The fourth-order valence-corrected chi connectivity index (χ4v) is 1.53. The first kappa shape index (κ1) is 14.3. The second-order valence-electron chi connectivity index (χ2n) is 4.49. The Morgan fingerprint density at radius 3 is 2.82 bits per heavy atom. The fraction of sp³-hybridized carbons (Fsp3) is 0.917. The minimum atomic E-state index is -0.307. The molecule has 17 heavy (non-hydrogen) atoms. The van der Waals surface area contributed by atoms with Crippen LogP contribution in [0.1, 0.15) is 20.3 Å². The van der Waals surface area contributed by atoms with Crippen molar-refractivity contribution >= 4 is 6.09 Å². The van der Waals surface area contributed by atoms with E-state index in [0.29, 0.717) is 19.1 Å². The quantitative estimate of drug-likeness (QED) is 0.760. The highest BCUT2D eigenvalue weighted by molar-refractivity contribution is 5.67. The molecular weight excluding hydrogens is 220 g/mol. The van der Waals surface area contributed by atoms with E-state index in [-0.39, 0.29) is 6.09 Å². The van der Waals surface area contributed by atoms with Crippen molar-refractivity contribution in [2.24, 2.45) is 5.92 Å². The molecule has 5 nitrogen and oxygen atoms in total. The summed E-state index contributed by atoms with van der Waals surface area (Å²) >= 11 is 0. The number of hydrogen-bond acceptors (Lipinski definition) is 4. The van der Waals surface area contributed by atoms with E-state index in [0.717, 1.165) is 39.3 Å². The minimum absolute atomic E-state index is 0.307. The average Bonchev–Trinajstić information content (AvgIpc) is 2.37. The van der Waals surface area contributed by atoms with Gasteiger partial charge in [-0.1, -0.05) is 20.3 Å². The Bertz CT molecular complexity index is 218. The number of amides is 1. The average molecular weight is 244 g/mol. The van der Waals surface area contributed by atoms with Crippen molar-refractivity contribution in [3.63, 3.8) is 0 Å². The molecule has 0 aromatic rings. The standard InChI is InChI=1S/C12H24N2O3/c1-3-11(2)10-17-12(15)13-4-5-14-6-8-16-9-7-14/h11H,3-10H2,1-2H3,(H,13,15). The maximum Gasteiger partial charge on any atom is 0.407 e. The van der Waals surface area contributed by atoms with E-state index in [1.807, 2.05) is 0 Å². The summed E-state index contributed by atoms with van der Waals surface area (Å²) < 4.78 is 10.3. The molecule has 1 aliphatic heterocycles. The number of nitrogens with one attached hydrogen (secondary N) is 1. The first-order chi connectivity index (χ1) is 8.22. The zero-order chi connectivity index (χ0) is 12.5. The van der Waals surface area contributed by atoms with Crippen molar-refractivity contribution < 1.29 is 14.3 Å². The zero-order valence-electron chi connectivity index (χ0n) is 10.9. The molecule has 0 spiro atoms. The Labute approximate surface area is 103 Å². The van der Waals surface area contributed by atoms with Crippen molar-refractivity contribution in [2.75, 3.05) is 46.0 Å². The molecule has 0 radical (unpaired) electrons. The van der Waals surface area contributed by atoms with E-state index < -0.39 is 0 Å². The first-order valence-electron chi connectivity index (χ1n) is 6.43. The van der Waals surface area contributed by atoms with Crippen LogP contribution in [0.3, 0.4) is 0 Å². The Morgan fingerprint density at radius 2 is 2.18 bits per heavy atom. The van der Waals surface area contributed by atoms with Crippen molar-refractivity contribution in [2.45, 2.75) is 20.3 Å². The third kappa shape index (κ3) is 6.48. The van der Waals surface area contributed by atoms with Gasteiger partial charge in [0.05, 0.1) is 19.8 Å². The van der Waals surface area contributed by atoms with Gasteiger partial charge in [0.15, 0.2) is 0 Å². The number of alkyl carbamates (subject to hydrolysis) is 1. The van der Waals surface area contributed by atoms with Gasteiger partial charge in [-0.3, -0.25) is 4.90 Å². The molecular formula is C12H24N2O3. The van der Waals surface area contributed by atoms with Gasteiger partial charge in [-0.05, 0) is 5.92 Å². The fourth-order valence-electron chi connectivity index (χ4n) is 1.53. The van der Waals surface area contributed by atoms with Gasteiger partial charge in [0, 0.05) is 26.2 Å². The van der Waals surface area contributed by atoms with Crippen molar-refractivity contribution in [3.05, 3.63) is 0 Å². The predicted molar refractivity (Wildman–Crippen MR) is 66.1 cm³/mol. The number of ether oxygens (including phenoxy) is 2. The van der Waals surface area contributed by atoms with Crippen LogP contribution in [-0.4, -0.2) is 57.0 Å². The van der Waals surface area contributed by atoms with Gasteiger partial charge < -0.3 is 14.8 Å². The van der Waals surface area contributed by atoms with Gasteiger partial charge in [0.25, 0.3) is 0 Å². The molecule has 0 bridgehead atoms. The van der Waals surface area contributed by atoms with Crippen LogP contribution in [-0.2, 0) is 9.47 Å². The molecule has 5 heteroatoms. The van der Waals surface area contributed by atoms with E-state index in [4.69, 9.17) is 9.47 Å². The Hall–Kier alpha value is -0.810. The number of hydrogen-bond donors (Lipinski definition) is 1. The maximum absolute atomic E-state index is 11.3. The van der Waals surface area contributed by atoms with Crippen LogP contribution in [0.4, 0.5) is 4.79 Å². The van der Waals surface area contributed by atoms with Crippen LogP contribution in [0.2, 0.25) is 0 Å². The lowest BCUT2D eigenvalue weighted by Crippen LogP contribution is -2.41. The number of carbonyl (C=O) groups is 1. The molecule has 0 aliphatic carbocycles. The Balaban J connectivity index is 1.99. The first-order valence-corrected chi connectivity index (χ1v) is 6.43. The SMILES string of the molecule is CCC(C)COC(=O)NCCN1CCOCC1. The van der Waals surface area contributed by atoms with E-state index in [1.54, 1.807) is 0 Å². The van der Waals surface area contributed by atoms with Crippen LogP contribution >= 0.6 is 0 Å². The molecule has 1 saturated heterocycles. The molecule has 1 fully saturated rings. The smallest absolute Gasteiger partial charge is 0.407 e. The highest BCUT2D eigenvalue weighted by atomic mass is 16.5. The summed E-state index contributed by atoms with van der Waals surface area (Å²) in [5, 5.41) is 2.77. The largest absolute Gasteiger partial charge is 0.449 e. The second-order valence-corrected chi connectivity index (χ2v) is 4.49. The number of morpholine rings is 1. The van der Waals surface area contributed by atoms with E-state index in [1.165, 1.54) is 0 Å². The molecule has 0 saturated carbocycles. The van der Waals surface area contributed by atoms with Crippen LogP contribution in [0.15, 0.2) is 0 Å². The molecule has 1 N–H and O–H groups in total. The van der Waals surface area contributed by atoms with E-state index in [2.05, 4.69) is 24.1 Å². The van der Waals surface area contributed by atoms with Crippen LogP contribution in [0.25, 0.3) is 0 Å². The Morgan fingerprint density at radius 1 is 1.47 bits per heavy atom. The molecule has 1 heterocycles. The number of nitrogens with zero attached hydrogens (tertiary/aromatic N) is 1. The van der Waals surface area contributed by atoms with Crippen LogP contribution < -0.4 is 5.32 Å². The van der Waals surface area contributed by atoms with Gasteiger partial charge in [0.2, 0.25) is 0 Å². The molecule has 100 valence electrons. The summed E-state index contributed by atoms with van der Waals surface area (Å²) in [7, 11) is 0. The molecule has 0 aromatic carbocycles. The summed E-state index contributed by atoms with van der Waals surface area (Å²) in [4.78, 5) is 13.6. The van der Waals surface area contributed by atoms with Gasteiger partial charge in [-0.2, -0.15) is 0 Å². The van der Waals surface area contributed by atoms with E-state index >= 15 is 0 Å². The highest BCUT2D eigenvalue weighted by Gasteiger charge is 2.10.